The van der Waals surface area contributed by atoms with Gasteiger partial charge in [-0.1, -0.05) is 44.7 Å². The number of nitrogens with zero attached hydrogens (tertiary/aromatic N) is 2. The van der Waals surface area contributed by atoms with E-state index in [1.54, 1.807) is 13.0 Å². The van der Waals surface area contributed by atoms with E-state index in [2.05, 4.69) is 31.1 Å². The van der Waals surface area contributed by atoms with Crippen molar-refractivity contribution < 1.29 is 17.9 Å². The molecule has 3 rings (SSSR count). The highest BCUT2D eigenvalue weighted by molar-refractivity contribution is 8.00. The van der Waals surface area contributed by atoms with Crippen LogP contribution in [0.4, 0.5) is 5.69 Å². The minimum atomic E-state index is -3.58. The largest absolute Gasteiger partial charge is 0.379 e. The molecule has 1 aromatic heterocycles. The van der Waals surface area contributed by atoms with Crippen LogP contribution >= 0.6 is 11.8 Å². The molecule has 9 heteroatoms. The summed E-state index contributed by atoms with van der Waals surface area (Å²) >= 11 is 1.28. The molecule has 1 fully saturated rings. The maximum Gasteiger partial charge on any atom is 0.244 e. The van der Waals surface area contributed by atoms with E-state index in [0.29, 0.717) is 31.3 Å². The zero-order valence-electron chi connectivity index (χ0n) is 18.3. The lowest BCUT2D eigenvalue weighted by molar-refractivity contribution is -0.115. The minimum absolute atomic E-state index is 0.0543. The van der Waals surface area contributed by atoms with Gasteiger partial charge in [0.15, 0.2) is 0 Å². The summed E-state index contributed by atoms with van der Waals surface area (Å²) in [6.45, 7) is 9.69. The second kappa shape index (κ2) is 9.68. The van der Waals surface area contributed by atoms with E-state index >= 15 is 0 Å². The van der Waals surface area contributed by atoms with Crippen LogP contribution in [0.15, 0.2) is 52.5 Å². The maximum absolute atomic E-state index is 12.7. The van der Waals surface area contributed by atoms with Gasteiger partial charge in [-0.05, 0) is 42.2 Å². The van der Waals surface area contributed by atoms with Gasteiger partial charge >= 0.3 is 0 Å². The summed E-state index contributed by atoms with van der Waals surface area (Å²) in [5.74, 6) is -0.139. The zero-order valence-corrected chi connectivity index (χ0v) is 19.9. The summed E-state index contributed by atoms with van der Waals surface area (Å²) in [5.41, 5.74) is 1.99. The molecule has 1 atom stereocenters. The summed E-state index contributed by atoms with van der Waals surface area (Å²) in [4.78, 5) is 17.0. The molecule has 168 valence electrons. The second-order valence-corrected chi connectivity index (χ2v) is 11.7. The van der Waals surface area contributed by atoms with Crippen molar-refractivity contribution in [2.75, 3.05) is 31.6 Å². The molecular weight excluding hydrogens is 434 g/mol. The number of benzene rings is 1. The number of morpholine rings is 1. The lowest BCUT2D eigenvalue weighted by Gasteiger charge is -2.25. The van der Waals surface area contributed by atoms with Crippen molar-refractivity contribution in [2.45, 2.75) is 48.3 Å². The third kappa shape index (κ3) is 6.06. The predicted octanol–water partition coefficient (Wildman–Crippen LogP) is 3.52. The first kappa shape index (κ1) is 23.7. The van der Waals surface area contributed by atoms with Gasteiger partial charge < -0.3 is 10.1 Å². The summed E-state index contributed by atoms with van der Waals surface area (Å²) in [6.07, 6.45) is 1.35. The van der Waals surface area contributed by atoms with Gasteiger partial charge in [-0.2, -0.15) is 4.31 Å². The Hall–Kier alpha value is -1.94. The second-order valence-electron chi connectivity index (χ2n) is 8.43. The van der Waals surface area contributed by atoms with Crippen molar-refractivity contribution in [3.63, 3.8) is 0 Å². The average molecular weight is 464 g/mol. The number of hydrogen-bond acceptors (Lipinski definition) is 6. The van der Waals surface area contributed by atoms with E-state index in [1.165, 1.54) is 33.9 Å². The molecule has 1 saturated heterocycles. The van der Waals surface area contributed by atoms with Crippen LogP contribution in [0.25, 0.3) is 0 Å². The quantitative estimate of drug-likeness (QED) is 0.660. The van der Waals surface area contributed by atoms with Crippen molar-refractivity contribution in [2.24, 2.45) is 0 Å². The van der Waals surface area contributed by atoms with Crippen LogP contribution in [0.3, 0.4) is 0 Å². The van der Waals surface area contributed by atoms with E-state index < -0.39 is 15.3 Å². The topological polar surface area (TPSA) is 88.6 Å². The number of rotatable bonds is 6. The van der Waals surface area contributed by atoms with Gasteiger partial charge in [-0.25, -0.2) is 13.4 Å². The lowest BCUT2D eigenvalue weighted by Crippen LogP contribution is -2.40. The Morgan fingerprint density at radius 1 is 1.13 bits per heavy atom. The van der Waals surface area contributed by atoms with Gasteiger partial charge in [-0.15, -0.1) is 0 Å². The number of ether oxygens (including phenoxy) is 1. The van der Waals surface area contributed by atoms with E-state index in [9.17, 15) is 13.2 Å². The van der Waals surface area contributed by atoms with E-state index in [-0.39, 0.29) is 16.2 Å². The van der Waals surface area contributed by atoms with Crippen molar-refractivity contribution in [3.8, 4) is 0 Å². The van der Waals surface area contributed by atoms with Crippen molar-refractivity contribution in [1.82, 2.24) is 9.29 Å². The van der Waals surface area contributed by atoms with Gasteiger partial charge in [0.25, 0.3) is 0 Å². The van der Waals surface area contributed by atoms with Gasteiger partial charge in [-0.3, -0.25) is 4.79 Å². The number of sulfonamides is 1. The number of aromatic nitrogens is 1. The Morgan fingerprint density at radius 3 is 2.32 bits per heavy atom. The van der Waals surface area contributed by atoms with Gasteiger partial charge in [0.2, 0.25) is 15.9 Å². The molecule has 0 spiro atoms. The molecule has 1 N–H and O–H groups in total. The summed E-state index contributed by atoms with van der Waals surface area (Å²) in [6, 6.07) is 11.0. The molecule has 0 saturated carbocycles. The molecule has 0 aliphatic carbocycles. The Morgan fingerprint density at radius 2 is 1.77 bits per heavy atom. The number of amides is 1. The SMILES string of the molecule is CC(Sc1ccc(S(=O)(=O)N2CCOCC2)cn1)C(=O)Nc1ccc(C(C)(C)C)cc1. The number of hydrogen-bond donors (Lipinski definition) is 1. The molecule has 0 bridgehead atoms. The molecule has 1 amide bonds. The number of carbonyl (C=O) groups is 1. The maximum atomic E-state index is 12.7. The van der Waals surface area contributed by atoms with E-state index in [1.807, 2.05) is 24.3 Å². The predicted molar refractivity (Wildman–Crippen MR) is 123 cm³/mol. The fraction of sp³-hybridized carbons (Fsp3) is 0.455. The molecule has 0 radical (unpaired) electrons. The van der Waals surface area contributed by atoms with Crippen LogP contribution in [-0.4, -0.2) is 55.2 Å². The van der Waals surface area contributed by atoms with Crippen LogP contribution < -0.4 is 5.32 Å². The molecule has 1 aliphatic heterocycles. The monoisotopic (exact) mass is 463 g/mol. The highest BCUT2D eigenvalue weighted by Gasteiger charge is 2.26. The smallest absolute Gasteiger partial charge is 0.244 e. The van der Waals surface area contributed by atoms with E-state index in [4.69, 9.17) is 4.74 Å². The van der Waals surface area contributed by atoms with Crippen LogP contribution in [0, 0.1) is 0 Å². The third-order valence-corrected chi connectivity index (χ3v) is 7.94. The Labute approximate surface area is 188 Å². The number of thioether (sulfide) groups is 1. The Balaban J connectivity index is 1.59. The van der Waals surface area contributed by atoms with Gasteiger partial charge in [0.1, 0.15) is 4.90 Å². The fourth-order valence-corrected chi connectivity index (χ4v) is 5.20. The lowest BCUT2D eigenvalue weighted by atomic mass is 9.87. The number of anilines is 1. The third-order valence-electron chi connectivity index (χ3n) is 5.00. The Kier molecular flexibility index (Phi) is 7.41. The van der Waals surface area contributed by atoms with Crippen LogP contribution in [-0.2, 0) is 25.0 Å². The van der Waals surface area contributed by atoms with E-state index in [0.717, 1.165) is 5.69 Å². The normalized spacial score (nSPS) is 16.6. The molecule has 1 aliphatic rings. The standard InChI is InChI=1S/C22H29N3O4S2/c1-16(21(26)24-18-7-5-17(6-8-18)22(2,3)4)30-20-10-9-19(15-23-20)31(27,28)25-11-13-29-14-12-25/h5-10,15-16H,11-14H2,1-4H3,(H,24,26). The highest BCUT2D eigenvalue weighted by Crippen LogP contribution is 2.26. The number of nitrogens with one attached hydrogen (secondary N) is 1. The average Bonchev–Trinajstić information content (AvgIpc) is 2.74. The first-order valence-electron chi connectivity index (χ1n) is 10.2. The number of pyridine rings is 1. The molecule has 2 heterocycles. The fourth-order valence-electron chi connectivity index (χ4n) is 3.06. The zero-order chi connectivity index (χ0) is 22.6. The molecule has 31 heavy (non-hydrogen) atoms. The number of carbonyl (C=O) groups excluding carboxylic acids is 1. The van der Waals surface area contributed by atoms with Crippen molar-refractivity contribution >= 4 is 33.4 Å². The molecule has 1 unspecified atom stereocenters. The molecule has 1 aromatic carbocycles. The van der Waals surface area contributed by atoms with Crippen molar-refractivity contribution in [3.05, 3.63) is 48.2 Å². The molecule has 2 aromatic rings. The van der Waals surface area contributed by atoms with Crippen molar-refractivity contribution in [1.29, 1.82) is 0 Å². The molecule has 7 nitrogen and oxygen atoms in total. The summed E-state index contributed by atoms with van der Waals surface area (Å²) < 4.78 is 32.0. The molecular formula is C22H29N3O4S2. The summed E-state index contributed by atoms with van der Waals surface area (Å²) in [5, 5.41) is 3.11. The first-order chi connectivity index (χ1) is 14.6. The first-order valence-corrected chi connectivity index (χ1v) is 12.5. The van der Waals surface area contributed by atoms with Gasteiger partial charge in [0, 0.05) is 25.0 Å². The highest BCUT2D eigenvalue weighted by atomic mass is 32.2. The van der Waals surface area contributed by atoms with Crippen LogP contribution in [0.2, 0.25) is 0 Å². The van der Waals surface area contributed by atoms with Crippen LogP contribution in [0.1, 0.15) is 33.3 Å². The Bertz CT molecular complexity index is 995. The van der Waals surface area contributed by atoms with Crippen LogP contribution in [0.5, 0.6) is 0 Å². The van der Waals surface area contributed by atoms with Gasteiger partial charge in [0.05, 0.1) is 23.5 Å². The summed E-state index contributed by atoms with van der Waals surface area (Å²) in [7, 11) is -3.58. The minimum Gasteiger partial charge on any atom is -0.379 e.